The lowest BCUT2D eigenvalue weighted by molar-refractivity contribution is -0.119. The molecule has 0 radical (unpaired) electrons. The number of nitrogens with zero attached hydrogens (tertiary/aromatic N) is 1. The van der Waals surface area contributed by atoms with Crippen LogP contribution in [0.5, 0.6) is 0 Å². The SMILES string of the molecule is O=C1CCCC2=C1C(c1cccc(Cl)c1Cl)CC(=O)N2c1cccc(C(=O)O)c1. The summed E-state index contributed by atoms with van der Waals surface area (Å²) in [5, 5.41) is 10.0. The molecule has 1 atom stereocenters. The van der Waals surface area contributed by atoms with Gasteiger partial charge in [0.05, 0.1) is 15.6 Å². The first-order valence-electron chi connectivity index (χ1n) is 9.25. The van der Waals surface area contributed by atoms with Crippen LogP contribution in [0.2, 0.25) is 10.0 Å². The Balaban J connectivity index is 1.88. The maximum Gasteiger partial charge on any atom is 0.335 e. The number of hydrogen-bond donors (Lipinski definition) is 1. The molecule has 0 saturated heterocycles. The smallest absolute Gasteiger partial charge is 0.335 e. The Morgan fingerprint density at radius 3 is 2.59 bits per heavy atom. The Morgan fingerprint density at radius 1 is 1.07 bits per heavy atom. The fraction of sp³-hybridized carbons (Fsp3) is 0.227. The van der Waals surface area contributed by atoms with Crippen LogP contribution in [0.1, 0.15) is 47.5 Å². The van der Waals surface area contributed by atoms with E-state index in [9.17, 15) is 19.5 Å². The number of aromatic carboxylic acids is 1. The molecule has 2 aromatic carbocycles. The van der Waals surface area contributed by atoms with Crippen molar-refractivity contribution in [1.82, 2.24) is 0 Å². The molecule has 5 nitrogen and oxygen atoms in total. The standard InChI is InChI=1S/C22H17Cl2NO4/c23-16-7-2-6-14(21(16)24)15-11-19(27)25(17-8-3-9-18(26)20(15)17)13-5-1-4-12(10-13)22(28)29/h1-2,4-7,10,15H,3,8-9,11H2,(H,28,29). The van der Waals surface area contributed by atoms with Crippen LogP contribution in [-0.4, -0.2) is 22.8 Å². The van der Waals surface area contributed by atoms with Crippen molar-refractivity contribution in [2.45, 2.75) is 31.6 Å². The van der Waals surface area contributed by atoms with Gasteiger partial charge in [-0.15, -0.1) is 0 Å². The summed E-state index contributed by atoms with van der Waals surface area (Å²) >= 11 is 12.6. The van der Waals surface area contributed by atoms with Gasteiger partial charge in [-0.05, 0) is 42.7 Å². The summed E-state index contributed by atoms with van der Waals surface area (Å²) in [6, 6.07) is 11.4. The lowest BCUT2D eigenvalue weighted by atomic mass is 9.77. The van der Waals surface area contributed by atoms with E-state index in [2.05, 4.69) is 0 Å². The van der Waals surface area contributed by atoms with E-state index in [1.54, 1.807) is 30.3 Å². The molecule has 1 unspecified atom stereocenters. The molecule has 1 amide bonds. The molecule has 29 heavy (non-hydrogen) atoms. The molecule has 1 aliphatic heterocycles. The Kier molecular flexibility index (Phi) is 5.19. The van der Waals surface area contributed by atoms with Crippen LogP contribution in [0.4, 0.5) is 5.69 Å². The topological polar surface area (TPSA) is 74.7 Å². The molecule has 148 valence electrons. The van der Waals surface area contributed by atoms with Crippen LogP contribution in [0, 0.1) is 0 Å². The summed E-state index contributed by atoms with van der Waals surface area (Å²) in [7, 11) is 0. The van der Waals surface area contributed by atoms with Gasteiger partial charge in [-0.1, -0.05) is 41.4 Å². The van der Waals surface area contributed by atoms with E-state index in [1.807, 2.05) is 0 Å². The van der Waals surface area contributed by atoms with Crippen molar-refractivity contribution in [3.05, 3.63) is 74.9 Å². The molecular formula is C22H17Cl2NO4. The van der Waals surface area contributed by atoms with Gasteiger partial charge in [-0.3, -0.25) is 14.5 Å². The minimum absolute atomic E-state index is 0.0146. The number of hydrogen-bond acceptors (Lipinski definition) is 3. The number of carboxylic acids is 1. The fourth-order valence-electron chi connectivity index (χ4n) is 4.13. The van der Waals surface area contributed by atoms with Crippen molar-refractivity contribution in [2.24, 2.45) is 0 Å². The maximum absolute atomic E-state index is 13.2. The minimum atomic E-state index is -1.08. The highest BCUT2D eigenvalue weighted by Crippen LogP contribution is 2.46. The number of halogens is 2. The summed E-state index contributed by atoms with van der Waals surface area (Å²) in [5.41, 5.74) is 2.39. The Hall–Kier alpha value is -2.63. The predicted octanol–water partition coefficient (Wildman–Crippen LogP) is 5.22. The largest absolute Gasteiger partial charge is 0.478 e. The van der Waals surface area contributed by atoms with E-state index in [0.717, 1.165) is 0 Å². The third-order valence-corrected chi connectivity index (χ3v) is 6.22. The van der Waals surface area contributed by atoms with Crippen LogP contribution in [0.25, 0.3) is 0 Å². The minimum Gasteiger partial charge on any atom is -0.478 e. The summed E-state index contributed by atoms with van der Waals surface area (Å²) in [4.78, 5) is 38.9. The van der Waals surface area contributed by atoms with Crippen molar-refractivity contribution in [2.75, 3.05) is 4.90 Å². The summed E-state index contributed by atoms with van der Waals surface area (Å²) in [6.07, 6.45) is 1.65. The molecule has 4 rings (SSSR count). The fourth-order valence-corrected chi connectivity index (χ4v) is 4.57. The van der Waals surface area contributed by atoms with Crippen LogP contribution < -0.4 is 4.90 Å². The third-order valence-electron chi connectivity index (χ3n) is 5.38. The van der Waals surface area contributed by atoms with Crippen molar-refractivity contribution in [3.63, 3.8) is 0 Å². The average Bonchev–Trinajstić information content (AvgIpc) is 2.69. The normalized spacial score (nSPS) is 19.4. The molecule has 2 aromatic rings. The van der Waals surface area contributed by atoms with Crippen molar-refractivity contribution in [3.8, 4) is 0 Å². The highest BCUT2D eigenvalue weighted by Gasteiger charge is 2.40. The highest BCUT2D eigenvalue weighted by molar-refractivity contribution is 6.42. The Bertz CT molecular complexity index is 1080. The quantitative estimate of drug-likeness (QED) is 0.725. The molecule has 1 heterocycles. The monoisotopic (exact) mass is 429 g/mol. The zero-order chi connectivity index (χ0) is 20.7. The number of carboxylic acid groups (broad SMARTS) is 1. The van der Waals surface area contributed by atoms with Gasteiger partial charge in [0.1, 0.15) is 0 Å². The molecule has 7 heteroatoms. The van der Waals surface area contributed by atoms with Crippen LogP contribution >= 0.6 is 23.2 Å². The summed E-state index contributed by atoms with van der Waals surface area (Å²) < 4.78 is 0. The first-order valence-corrected chi connectivity index (χ1v) is 10.0. The van der Waals surface area contributed by atoms with Gasteiger partial charge in [-0.25, -0.2) is 4.79 Å². The number of benzene rings is 2. The van der Waals surface area contributed by atoms with E-state index >= 15 is 0 Å². The molecule has 0 bridgehead atoms. The molecule has 2 aliphatic rings. The first-order chi connectivity index (χ1) is 13.9. The van der Waals surface area contributed by atoms with Crippen LogP contribution in [0.3, 0.4) is 0 Å². The molecule has 0 aromatic heterocycles. The zero-order valence-electron chi connectivity index (χ0n) is 15.3. The number of Topliss-reactive ketones (excluding diaryl/α,β-unsaturated/α-hetero) is 1. The molecule has 0 spiro atoms. The maximum atomic E-state index is 13.2. The number of carbonyl (C=O) groups excluding carboxylic acids is 2. The molecule has 1 N–H and O–H groups in total. The number of ketones is 1. The highest BCUT2D eigenvalue weighted by atomic mass is 35.5. The second-order valence-corrected chi connectivity index (χ2v) is 7.91. The van der Waals surface area contributed by atoms with Gasteiger partial charge in [0.25, 0.3) is 0 Å². The lowest BCUT2D eigenvalue weighted by Crippen LogP contribution is -2.40. The van der Waals surface area contributed by atoms with Crippen molar-refractivity contribution in [1.29, 1.82) is 0 Å². The first kappa shape index (κ1) is 19.7. The van der Waals surface area contributed by atoms with E-state index in [4.69, 9.17) is 23.2 Å². The Labute approximate surface area is 177 Å². The summed E-state index contributed by atoms with van der Waals surface area (Å²) in [6.45, 7) is 0. The second kappa shape index (κ2) is 7.65. The van der Waals surface area contributed by atoms with Crippen LogP contribution in [0.15, 0.2) is 53.7 Å². The van der Waals surface area contributed by atoms with Gasteiger partial charge in [0.2, 0.25) is 5.91 Å². The van der Waals surface area contributed by atoms with Crippen molar-refractivity contribution >= 4 is 46.5 Å². The second-order valence-electron chi connectivity index (χ2n) is 7.12. The number of amides is 1. The number of anilines is 1. The predicted molar refractivity (Wildman–Crippen MR) is 111 cm³/mol. The number of allylic oxidation sites excluding steroid dienone is 2. The van der Waals surface area contributed by atoms with E-state index in [1.165, 1.54) is 17.0 Å². The van der Waals surface area contributed by atoms with Gasteiger partial charge in [0.15, 0.2) is 5.78 Å². The third kappa shape index (κ3) is 3.45. The van der Waals surface area contributed by atoms with E-state index in [-0.39, 0.29) is 23.7 Å². The Morgan fingerprint density at radius 2 is 1.83 bits per heavy atom. The number of carbonyl (C=O) groups is 3. The zero-order valence-corrected chi connectivity index (χ0v) is 16.8. The van der Waals surface area contributed by atoms with Gasteiger partial charge >= 0.3 is 5.97 Å². The van der Waals surface area contributed by atoms with E-state index < -0.39 is 11.9 Å². The number of rotatable bonds is 3. The van der Waals surface area contributed by atoms with Gasteiger partial charge in [-0.2, -0.15) is 0 Å². The molecule has 0 saturated carbocycles. The molecule has 0 fully saturated rings. The average molecular weight is 430 g/mol. The van der Waals surface area contributed by atoms with Crippen LogP contribution in [-0.2, 0) is 9.59 Å². The van der Waals surface area contributed by atoms with E-state index in [0.29, 0.717) is 51.8 Å². The lowest BCUT2D eigenvalue weighted by Gasteiger charge is -2.38. The molecule has 1 aliphatic carbocycles. The summed E-state index contributed by atoms with van der Waals surface area (Å²) in [5.74, 6) is -1.76. The van der Waals surface area contributed by atoms with Gasteiger partial charge < -0.3 is 5.11 Å². The van der Waals surface area contributed by atoms with Crippen molar-refractivity contribution < 1.29 is 19.5 Å². The molecular weight excluding hydrogens is 413 g/mol. The van der Waals surface area contributed by atoms with Gasteiger partial charge in [0, 0.05) is 35.7 Å².